The van der Waals surface area contributed by atoms with Crippen molar-refractivity contribution in [2.24, 2.45) is 0 Å². The van der Waals surface area contributed by atoms with Crippen LogP contribution in [0.1, 0.15) is 18.9 Å². The summed E-state index contributed by atoms with van der Waals surface area (Å²) in [6.07, 6.45) is -3.95. The Hall–Kier alpha value is -0.590. The number of halogens is 4. The second kappa shape index (κ2) is 6.04. The van der Waals surface area contributed by atoms with Crippen LogP contribution in [0.2, 0.25) is 0 Å². The van der Waals surface area contributed by atoms with E-state index in [1.54, 1.807) is 31.2 Å². The Morgan fingerprint density at radius 2 is 2.00 bits per heavy atom. The van der Waals surface area contributed by atoms with Gasteiger partial charge in [0.05, 0.1) is 18.7 Å². The lowest BCUT2D eigenvalue weighted by molar-refractivity contribution is -0.130. The van der Waals surface area contributed by atoms with Crippen LogP contribution in [0.4, 0.5) is 13.2 Å². The van der Waals surface area contributed by atoms with Gasteiger partial charge >= 0.3 is 6.18 Å². The third kappa shape index (κ3) is 3.96. The first-order valence-electron chi connectivity index (χ1n) is 5.51. The molecule has 1 rings (SSSR count). The van der Waals surface area contributed by atoms with Gasteiger partial charge in [0, 0.05) is 4.47 Å². The molecule has 6 heteroatoms. The molecule has 0 aliphatic heterocycles. The van der Waals surface area contributed by atoms with Gasteiger partial charge in [-0.3, -0.25) is 5.32 Å². The Bertz CT molecular complexity index is 391. The average Bonchev–Trinajstić information content (AvgIpc) is 2.30. The van der Waals surface area contributed by atoms with E-state index in [-0.39, 0.29) is 0 Å². The Morgan fingerprint density at radius 1 is 1.33 bits per heavy atom. The van der Waals surface area contributed by atoms with E-state index in [0.717, 1.165) is 4.47 Å². The smallest absolute Gasteiger partial charge is 0.394 e. The number of hydrogen-bond donors (Lipinski definition) is 2. The van der Waals surface area contributed by atoms with E-state index in [1.165, 1.54) is 0 Å². The van der Waals surface area contributed by atoms with Gasteiger partial charge in [-0.05, 0) is 24.1 Å². The first-order valence-corrected chi connectivity index (χ1v) is 6.31. The summed E-state index contributed by atoms with van der Waals surface area (Å²) in [5.74, 6) is 0. The number of aliphatic hydroxyl groups is 1. The molecule has 1 unspecified atom stereocenters. The van der Waals surface area contributed by atoms with E-state index in [9.17, 15) is 18.3 Å². The Kier molecular flexibility index (Phi) is 5.19. The minimum absolute atomic E-state index is 0.357. The second-order valence-electron chi connectivity index (χ2n) is 4.07. The van der Waals surface area contributed by atoms with Crippen LogP contribution in [0.5, 0.6) is 0 Å². The third-order valence-corrected chi connectivity index (χ3v) is 3.37. The van der Waals surface area contributed by atoms with Crippen LogP contribution >= 0.6 is 15.9 Å². The molecule has 0 bridgehead atoms. The van der Waals surface area contributed by atoms with Crippen LogP contribution in [0, 0.1) is 0 Å². The quantitative estimate of drug-likeness (QED) is 0.871. The van der Waals surface area contributed by atoms with Crippen molar-refractivity contribution in [1.82, 2.24) is 5.32 Å². The zero-order valence-electron chi connectivity index (χ0n) is 9.89. The summed E-state index contributed by atoms with van der Waals surface area (Å²) in [5, 5.41) is 11.9. The number of hydrogen-bond acceptors (Lipinski definition) is 2. The fourth-order valence-corrected chi connectivity index (χ4v) is 2.14. The van der Waals surface area contributed by atoms with Crippen molar-refractivity contribution in [3.8, 4) is 0 Å². The fourth-order valence-electron chi connectivity index (χ4n) is 1.75. The molecule has 0 amide bonds. The third-order valence-electron chi connectivity index (χ3n) is 2.88. The van der Waals surface area contributed by atoms with Crippen LogP contribution in [-0.2, 0) is 5.54 Å². The molecule has 0 heterocycles. The molecule has 1 aromatic rings. The van der Waals surface area contributed by atoms with Crippen molar-refractivity contribution in [1.29, 1.82) is 0 Å². The fraction of sp³-hybridized carbons (Fsp3) is 0.500. The molecule has 0 aliphatic rings. The van der Waals surface area contributed by atoms with Crippen molar-refractivity contribution in [3.63, 3.8) is 0 Å². The van der Waals surface area contributed by atoms with Gasteiger partial charge < -0.3 is 5.11 Å². The zero-order valence-corrected chi connectivity index (χ0v) is 11.5. The lowest BCUT2D eigenvalue weighted by atomic mass is 9.88. The predicted octanol–water partition coefficient (Wildman–Crippen LogP) is 3.20. The van der Waals surface area contributed by atoms with Crippen LogP contribution < -0.4 is 5.32 Å². The van der Waals surface area contributed by atoms with Gasteiger partial charge in [-0.1, -0.05) is 35.0 Å². The Labute approximate surface area is 112 Å². The Balaban J connectivity index is 2.99. The molecule has 2 nitrogen and oxygen atoms in total. The molecule has 1 atom stereocenters. The Morgan fingerprint density at radius 3 is 2.44 bits per heavy atom. The van der Waals surface area contributed by atoms with Gasteiger partial charge in [0.15, 0.2) is 0 Å². The monoisotopic (exact) mass is 325 g/mol. The molecular weight excluding hydrogens is 311 g/mol. The molecule has 0 aromatic heterocycles. The van der Waals surface area contributed by atoms with Crippen molar-refractivity contribution in [2.45, 2.75) is 25.1 Å². The molecular formula is C12H15BrF3NO. The maximum atomic E-state index is 12.3. The average molecular weight is 326 g/mol. The highest BCUT2D eigenvalue weighted by molar-refractivity contribution is 9.10. The molecule has 102 valence electrons. The molecule has 1 aromatic carbocycles. The lowest BCUT2D eigenvalue weighted by Crippen LogP contribution is -2.48. The van der Waals surface area contributed by atoms with Crippen molar-refractivity contribution < 1.29 is 18.3 Å². The first-order chi connectivity index (χ1) is 8.33. The highest BCUT2D eigenvalue weighted by atomic mass is 79.9. The van der Waals surface area contributed by atoms with E-state index in [2.05, 4.69) is 21.2 Å². The van der Waals surface area contributed by atoms with Gasteiger partial charge in [0.25, 0.3) is 0 Å². The molecule has 0 saturated heterocycles. The number of benzene rings is 1. The van der Waals surface area contributed by atoms with Crippen LogP contribution in [0.15, 0.2) is 28.7 Å². The molecule has 18 heavy (non-hydrogen) atoms. The van der Waals surface area contributed by atoms with Crippen molar-refractivity contribution in [2.75, 3.05) is 13.2 Å². The summed E-state index contributed by atoms with van der Waals surface area (Å²) >= 11 is 3.27. The van der Waals surface area contributed by atoms with Crippen molar-refractivity contribution >= 4 is 15.9 Å². The number of alkyl halides is 3. The van der Waals surface area contributed by atoms with E-state index in [4.69, 9.17) is 0 Å². The van der Waals surface area contributed by atoms with E-state index < -0.39 is 24.9 Å². The molecule has 0 spiro atoms. The second-order valence-corrected chi connectivity index (χ2v) is 4.99. The van der Waals surface area contributed by atoms with E-state index in [0.29, 0.717) is 12.0 Å². The minimum atomic E-state index is -4.30. The van der Waals surface area contributed by atoms with Crippen LogP contribution in [-0.4, -0.2) is 24.4 Å². The number of aliphatic hydroxyl groups excluding tert-OH is 1. The summed E-state index contributed by atoms with van der Waals surface area (Å²) in [5.41, 5.74) is -0.439. The molecule has 0 fully saturated rings. The molecule has 0 radical (unpaired) electrons. The van der Waals surface area contributed by atoms with Crippen molar-refractivity contribution in [3.05, 3.63) is 34.3 Å². The maximum absolute atomic E-state index is 12.3. The summed E-state index contributed by atoms with van der Waals surface area (Å²) in [6.45, 7) is 0.213. The van der Waals surface area contributed by atoms with E-state index >= 15 is 0 Å². The molecule has 0 aliphatic carbocycles. The normalized spacial score (nSPS) is 15.4. The summed E-state index contributed by atoms with van der Waals surface area (Å²) in [7, 11) is 0. The van der Waals surface area contributed by atoms with Gasteiger partial charge in [-0.25, -0.2) is 0 Å². The minimum Gasteiger partial charge on any atom is -0.394 e. The van der Waals surface area contributed by atoms with Gasteiger partial charge in [0.2, 0.25) is 0 Å². The zero-order chi connectivity index (χ0) is 13.8. The topological polar surface area (TPSA) is 32.3 Å². The predicted molar refractivity (Wildman–Crippen MR) is 67.3 cm³/mol. The van der Waals surface area contributed by atoms with Gasteiger partial charge in [-0.2, -0.15) is 13.2 Å². The number of nitrogens with one attached hydrogen (secondary N) is 1. The van der Waals surface area contributed by atoms with Crippen LogP contribution in [0.3, 0.4) is 0 Å². The highest BCUT2D eigenvalue weighted by Crippen LogP contribution is 2.28. The molecule has 0 saturated carbocycles. The summed E-state index contributed by atoms with van der Waals surface area (Å²) in [6, 6.07) is 6.93. The SMILES string of the molecule is CCC(CO)(NCC(F)(F)F)c1cccc(Br)c1. The first kappa shape index (κ1) is 15.5. The number of rotatable bonds is 5. The largest absolute Gasteiger partial charge is 0.401 e. The molecule has 2 N–H and O–H groups in total. The lowest BCUT2D eigenvalue weighted by Gasteiger charge is -2.33. The summed E-state index contributed by atoms with van der Waals surface area (Å²) in [4.78, 5) is 0. The maximum Gasteiger partial charge on any atom is 0.401 e. The van der Waals surface area contributed by atoms with Gasteiger partial charge in [-0.15, -0.1) is 0 Å². The highest BCUT2D eigenvalue weighted by Gasteiger charge is 2.35. The summed E-state index contributed by atoms with van der Waals surface area (Å²) < 4.78 is 37.7. The van der Waals surface area contributed by atoms with Gasteiger partial charge in [0.1, 0.15) is 0 Å². The van der Waals surface area contributed by atoms with Crippen LogP contribution in [0.25, 0.3) is 0 Å². The van der Waals surface area contributed by atoms with E-state index in [1.807, 2.05) is 0 Å². The standard InChI is InChI=1S/C12H15BrF3NO/c1-2-11(8-18,17-7-12(14,15)16)9-4-3-5-10(13)6-9/h3-6,17-18H,2,7-8H2,1H3.